The molecule has 0 aromatic heterocycles. The van der Waals surface area contributed by atoms with Crippen molar-refractivity contribution >= 4 is 30.9 Å². The highest BCUT2D eigenvalue weighted by Gasteiger charge is 2.32. The van der Waals surface area contributed by atoms with Crippen LogP contribution >= 0.6 is 30.9 Å². The third kappa shape index (κ3) is 3.37. The average Bonchev–Trinajstić information content (AvgIpc) is 2.29. The minimum atomic E-state index is -4.99. The van der Waals surface area contributed by atoms with Gasteiger partial charge in [0.2, 0.25) is 0 Å². The van der Waals surface area contributed by atoms with Gasteiger partial charge in [-0.1, -0.05) is 0 Å². The van der Waals surface area contributed by atoms with Crippen LogP contribution in [0.3, 0.4) is 0 Å². The molecule has 0 radical (unpaired) electrons. The number of rotatable bonds is 5. The summed E-state index contributed by atoms with van der Waals surface area (Å²) in [5.74, 6) is -3.47. The van der Waals surface area contributed by atoms with Crippen LogP contribution in [0.4, 0.5) is 0 Å². The second kappa shape index (κ2) is 6.31. The van der Waals surface area contributed by atoms with E-state index in [4.69, 9.17) is 40.1 Å². The van der Waals surface area contributed by atoms with E-state index in [-0.39, 0.29) is 15.6 Å². The Kier molecular flexibility index (Phi) is 2.21. The van der Waals surface area contributed by atoms with Gasteiger partial charge in [-0.15, -0.1) is 23.2 Å². The number of nitrogens with zero attached hydrogens (tertiary/aromatic N) is 1. The molecule has 1 unspecified atom stereocenters. The van der Waals surface area contributed by atoms with Crippen molar-refractivity contribution in [3.05, 3.63) is 0 Å². The van der Waals surface area contributed by atoms with Crippen LogP contribution in [0.25, 0.3) is 0 Å². The molecule has 0 aromatic rings. The van der Waals surface area contributed by atoms with Gasteiger partial charge in [0.1, 0.15) is 1.41 Å². The van der Waals surface area contributed by atoms with Crippen molar-refractivity contribution in [2.24, 2.45) is 0 Å². The monoisotopic (exact) mass is 269 g/mol. The van der Waals surface area contributed by atoms with Crippen molar-refractivity contribution in [3.8, 4) is 0 Å². The molecule has 4 nitrogen and oxygen atoms in total. The summed E-state index contributed by atoms with van der Waals surface area (Å²) in [5, 5.41) is -0.186. The van der Waals surface area contributed by atoms with Crippen LogP contribution < -0.4 is 5.08 Å². The maximum Gasteiger partial charge on any atom is 0.343 e. The summed E-state index contributed by atoms with van der Waals surface area (Å²) in [4.78, 5) is 0. The summed E-state index contributed by atoms with van der Waals surface area (Å²) in [6.07, 6.45) is -0.945. The summed E-state index contributed by atoms with van der Waals surface area (Å²) in [7, 11) is -4.99. The van der Waals surface area contributed by atoms with Crippen LogP contribution in [0, 0.1) is 0 Å². The Balaban J connectivity index is 3.47. The van der Waals surface area contributed by atoms with E-state index in [9.17, 15) is 4.57 Å². The zero-order valence-corrected chi connectivity index (χ0v) is 9.44. The molecule has 0 spiro atoms. The van der Waals surface area contributed by atoms with Gasteiger partial charge in [0.25, 0.3) is 0 Å². The van der Waals surface area contributed by atoms with Crippen molar-refractivity contribution in [2.75, 3.05) is 37.8 Å². The first-order valence-corrected chi connectivity index (χ1v) is 6.09. The van der Waals surface area contributed by atoms with E-state index < -0.39 is 46.0 Å². The normalized spacial score (nSPS) is 48.4. The number of hydrogen-bond acceptors (Lipinski definition) is 2. The fraction of sp³-hybridized carbons (Fsp3) is 1.00. The van der Waals surface area contributed by atoms with Gasteiger partial charge in [0.05, 0.1) is 9.30 Å². The lowest BCUT2D eigenvalue weighted by atomic mass is 10.5. The lowest BCUT2D eigenvalue weighted by molar-refractivity contribution is 0.233. The van der Waals surface area contributed by atoms with E-state index >= 15 is 0 Å². The molecule has 1 N–H and O–H groups in total. The van der Waals surface area contributed by atoms with Gasteiger partial charge < -0.3 is 4.52 Å². The Labute approximate surface area is 107 Å². The Morgan fingerprint density at radius 3 is 3.21 bits per heavy atom. The molecule has 1 atom stereocenters. The molecule has 0 saturated carbocycles. The van der Waals surface area contributed by atoms with Crippen molar-refractivity contribution in [2.45, 2.75) is 6.42 Å². The first kappa shape index (κ1) is 4.91. The summed E-state index contributed by atoms with van der Waals surface area (Å²) >= 11 is 10.9. The van der Waals surface area contributed by atoms with Gasteiger partial charge in [-0.3, -0.25) is 4.57 Å². The smallest absolute Gasteiger partial charge is 0.306 e. The van der Waals surface area contributed by atoms with Crippen LogP contribution in [0.2, 0.25) is 1.41 Å². The van der Waals surface area contributed by atoms with E-state index in [1.54, 1.807) is 0 Å². The number of alkyl halides is 2. The maximum atomic E-state index is 13.0. The molecule has 0 aromatic carbocycles. The minimum Gasteiger partial charge on any atom is -0.306 e. The largest absolute Gasteiger partial charge is 0.343 e. The van der Waals surface area contributed by atoms with Crippen molar-refractivity contribution in [3.63, 3.8) is 0 Å². The molecule has 0 bridgehead atoms. The zero-order valence-electron chi connectivity index (χ0n) is 16.0. The molecule has 7 heteroatoms. The van der Waals surface area contributed by atoms with Crippen LogP contribution in [-0.4, -0.2) is 42.5 Å². The third-order valence-corrected chi connectivity index (χ3v) is 3.23. The molecule has 14 heavy (non-hydrogen) atoms. The molecule has 1 aliphatic rings. The quantitative estimate of drug-likeness (QED) is 0.612. The first-order valence-electron chi connectivity index (χ1n) is 8.09. The number of nitrogens with one attached hydrogen (secondary N) is 1. The van der Waals surface area contributed by atoms with E-state index in [0.29, 0.717) is 0 Å². The second-order valence-electron chi connectivity index (χ2n) is 2.18. The van der Waals surface area contributed by atoms with Gasteiger partial charge in [0, 0.05) is 39.5 Å². The lowest BCUT2D eigenvalue weighted by Crippen LogP contribution is -2.35. The molecule has 1 saturated heterocycles. The fourth-order valence-electron chi connectivity index (χ4n) is 0.771. The fourth-order valence-corrected chi connectivity index (χ4v) is 2.48. The average molecular weight is 270 g/mol. The molecular formula is C7H15Cl2N2O2P. The summed E-state index contributed by atoms with van der Waals surface area (Å²) in [5.41, 5.74) is 0. The van der Waals surface area contributed by atoms with Gasteiger partial charge >= 0.3 is 7.67 Å². The van der Waals surface area contributed by atoms with Crippen LogP contribution in [-0.2, 0) is 9.09 Å². The van der Waals surface area contributed by atoms with Crippen LogP contribution in [0.5, 0.6) is 0 Å². The predicted molar refractivity (Wildman–Crippen MR) is 59.2 cm³/mol. The molecule has 84 valence electrons. The van der Waals surface area contributed by atoms with E-state index in [0.717, 1.165) is 0 Å². The molecule has 1 rings (SSSR count). The van der Waals surface area contributed by atoms with Crippen molar-refractivity contribution in [1.29, 1.82) is 0 Å². The molecule has 0 amide bonds. The first-order chi connectivity index (χ1) is 10.0. The van der Waals surface area contributed by atoms with E-state index in [2.05, 4.69) is 0 Å². The Morgan fingerprint density at radius 2 is 2.57 bits per heavy atom. The standard InChI is InChI=1S/C7H15Cl2N2O2P/c8-2-5-11(6-3-9)14(12)10-4-1-7-13-14/h1-7H2,(H,10,12)/i2D2,4D2,5D2,7D2/hD. The van der Waals surface area contributed by atoms with E-state index in [1.165, 1.54) is 0 Å². The Morgan fingerprint density at radius 1 is 1.79 bits per heavy atom. The highest BCUT2D eigenvalue weighted by atomic mass is 35.5. The van der Waals surface area contributed by atoms with Gasteiger partial charge in [-0.05, 0) is 6.42 Å². The van der Waals surface area contributed by atoms with Crippen LogP contribution in [0.15, 0.2) is 0 Å². The third-order valence-electron chi connectivity index (χ3n) is 1.30. The topological polar surface area (TPSA) is 41.6 Å². The Hall–Kier alpha value is 0.690. The summed E-state index contributed by atoms with van der Waals surface area (Å²) < 4.78 is 86.1. The SMILES string of the molecule is [2H]N1C([2H])([2H])CC([2H])([2H])OP1(=O)N(CCCl)C([2H])([2H])C([2H])([2H])Cl. The molecule has 1 fully saturated rings. The van der Waals surface area contributed by atoms with Crippen LogP contribution in [0.1, 0.15) is 17.4 Å². The number of hydrogen-bond donors (Lipinski definition) is 1. The van der Waals surface area contributed by atoms with Gasteiger partial charge in [-0.2, -0.15) is 0 Å². The lowest BCUT2D eigenvalue weighted by Gasteiger charge is -2.33. The van der Waals surface area contributed by atoms with Crippen molar-refractivity contribution in [1.82, 2.24) is 9.75 Å². The predicted octanol–water partition coefficient (Wildman–Crippen LogP) is 1.88. The van der Waals surface area contributed by atoms with E-state index in [1.807, 2.05) is 0 Å². The zero-order chi connectivity index (χ0) is 18.5. The molecule has 0 aliphatic carbocycles. The maximum absolute atomic E-state index is 13.0. The molecular weight excluding hydrogens is 246 g/mol. The highest BCUT2D eigenvalue weighted by Crippen LogP contribution is 2.47. The highest BCUT2D eigenvalue weighted by molar-refractivity contribution is 7.54. The Bertz CT molecular complexity index is 503. The molecule has 1 aliphatic heterocycles. The van der Waals surface area contributed by atoms with Gasteiger partial charge in [-0.25, -0.2) is 9.75 Å². The second-order valence-corrected chi connectivity index (χ2v) is 4.59. The molecule has 1 heterocycles. The minimum absolute atomic E-state index is 0.168. The van der Waals surface area contributed by atoms with Gasteiger partial charge in [0.15, 0.2) is 0 Å². The number of halogens is 2. The summed E-state index contributed by atoms with van der Waals surface area (Å²) in [6.45, 7) is -9.34. The summed E-state index contributed by atoms with van der Waals surface area (Å²) in [6, 6.07) is 0. The van der Waals surface area contributed by atoms with Crippen molar-refractivity contribution < 1.29 is 21.5 Å².